The molecule has 26 heavy (non-hydrogen) atoms. The minimum Gasteiger partial charge on any atom is -0.384 e. The van der Waals surface area contributed by atoms with E-state index in [1.165, 1.54) is 12.4 Å². The Bertz CT molecular complexity index is 882. The highest BCUT2D eigenvalue weighted by molar-refractivity contribution is 6.31. The summed E-state index contributed by atoms with van der Waals surface area (Å²) in [6.07, 6.45) is 4.74. The summed E-state index contributed by atoms with van der Waals surface area (Å²) in [4.78, 5) is 22.4. The molecule has 0 bridgehead atoms. The van der Waals surface area contributed by atoms with E-state index >= 15 is 0 Å². The molecule has 2 fully saturated rings. The first-order chi connectivity index (χ1) is 12.5. The van der Waals surface area contributed by atoms with Crippen molar-refractivity contribution in [1.29, 1.82) is 0 Å². The highest BCUT2D eigenvalue weighted by Crippen LogP contribution is 2.46. The summed E-state index contributed by atoms with van der Waals surface area (Å²) in [5.74, 6) is 0.286. The minimum absolute atomic E-state index is 0.0996. The van der Waals surface area contributed by atoms with Crippen LogP contribution in [0.1, 0.15) is 24.4 Å². The van der Waals surface area contributed by atoms with Crippen molar-refractivity contribution >= 4 is 23.3 Å². The van der Waals surface area contributed by atoms with E-state index in [4.69, 9.17) is 22.1 Å². The number of nitrogen functional groups attached to an aromatic ring is 1. The number of amides is 1. The second kappa shape index (κ2) is 6.37. The van der Waals surface area contributed by atoms with Crippen molar-refractivity contribution in [3.05, 3.63) is 53.8 Å². The summed E-state index contributed by atoms with van der Waals surface area (Å²) in [5, 5.41) is 0.562. The quantitative estimate of drug-likeness (QED) is 0.840. The number of aromatic nitrogens is 2. The maximum Gasteiger partial charge on any atom is 0.246 e. The van der Waals surface area contributed by atoms with Gasteiger partial charge in [0.1, 0.15) is 12.1 Å². The maximum atomic E-state index is 12.4. The summed E-state index contributed by atoms with van der Waals surface area (Å²) < 4.78 is 6.06. The molecule has 134 valence electrons. The van der Waals surface area contributed by atoms with Crippen molar-refractivity contribution in [2.24, 2.45) is 0 Å². The van der Waals surface area contributed by atoms with Crippen LogP contribution in [0.5, 0.6) is 0 Å². The third kappa shape index (κ3) is 3.18. The largest absolute Gasteiger partial charge is 0.384 e. The molecule has 1 aromatic carbocycles. The topological polar surface area (TPSA) is 81.3 Å². The summed E-state index contributed by atoms with van der Waals surface area (Å²) in [6, 6.07) is 7.12. The van der Waals surface area contributed by atoms with Gasteiger partial charge in [-0.05, 0) is 42.7 Å². The molecule has 1 unspecified atom stereocenters. The maximum absolute atomic E-state index is 12.4. The van der Waals surface area contributed by atoms with Gasteiger partial charge in [-0.1, -0.05) is 18.2 Å². The van der Waals surface area contributed by atoms with Gasteiger partial charge in [-0.15, -0.1) is 0 Å². The number of ether oxygens (including phenoxy) is 1. The van der Waals surface area contributed by atoms with Gasteiger partial charge in [-0.3, -0.25) is 4.79 Å². The van der Waals surface area contributed by atoms with Crippen LogP contribution in [-0.4, -0.2) is 39.5 Å². The number of carbonyl (C=O) groups is 1. The lowest BCUT2D eigenvalue weighted by molar-refractivity contribution is -0.143. The second-order valence-electron chi connectivity index (χ2n) is 6.78. The minimum atomic E-state index is -0.219. The molecule has 1 saturated carbocycles. The van der Waals surface area contributed by atoms with Crippen LogP contribution >= 0.6 is 11.6 Å². The van der Waals surface area contributed by atoms with Crippen LogP contribution in [0.25, 0.3) is 11.3 Å². The first kappa shape index (κ1) is 17.0. The summed E-state index contributed by atoms with van der Waals surface area (Å²) in [7, 11) is 0. The summed E-state index contributed by atoms with van der Waals surface area (Å²) in [6.45, 7) is 4.65. The van der Waals surface area contributed by atoms with Gasteiger partial charge in [0.2, 0.25) is 5.91 Å². The van der Waals surface area contributed by atoms with Crippen LogP contribution in [-0.2, 0) is 9.53 Å². The Hall–Kier alpha value is -2.44. The highest BCUT2D eigenvalue weighted by atomic mass is 35.5. The van der Waals surface area contributed by atoms with Crippen LogP contribution in [0.4, 0.5) is 5.82 Å². The van der Waals surface area contributed by atoms with E-state index in [0.717, 1.165) is 24.0 Å². The Balaban J connectivity index is 1.72. The number of hydrogen-bond donors (Lipinski definition) is 1. The second-order valence-corrected chi connectivity index (χ2v) is 7.22. The molecule has 2 heterocycles. The fourth-order valence-corrected chi connectivity index (χ4v) is 3.61. The SMILES string of the molecule is C=CC(=O)N1CC2(CC2)OCC1c1cc(Cl)cc(-c2cc(N)ncn2)c1. The molecule has 4 rings (SSSR count). The number of rotatable bonds is 3. The average Bonchev–Trinajstić information content (AvgIpc) is 3.39. The monoisotopic (exact) mass is 370 g/mol. The summed E-state index contributed by atoms with van der Waals surface area (Å²) in [5.41, 5.74) is 7.99. The number of anilines is 1. The van der Waals surface area contributed by atoms with E-state index in [1.807, 2.05) is 23.1 Å². The number of nitrogens with two attached hydrogens (primary N) is 1. The Labute approximate surface area is 156 Å². The standard InChI is InChI=1S/C19H19ClN4O2/c1-2-18(25)24-10-19(3-4-19)26-9-16(24)13-5-12(6-14(20)7-13)15-8-17(21)23-11-22-15/h2,5-8,11,16H,1,3-4,9-10H2,(H2,21,22,23). The molecule has 1 atom stereocenters. The number of benzene rings is 1. The van der Waals surface area contributed by atoms with Crippen molar-refractivity contribution in [2.45, 2.75) is 24.5 Å². The van der Waals surface area contributed by atoms with Crippen molar-refractivity contribution in [2.75, 3.05) is 18.9 Å². The molecule has 1 aromatic heterocycles. The number of hydrogen-bond acceptors (Lipinski definition) is 5. The van der Waals surface area contributed by atoms with E-state index in [2.05, 4.69) is 16.5 Å². The average molecular weight is 371 g/mol. The Morgan fingerprint density at radius 3 is 2.85 bits per heavy atom. The first-order valence-electron chi connectivity index (χ1n) is 8.45. The zero-order valence-electron chi connectivity index (χ0n) is 14.2. The van der Waals surface area contributed by atoms with E-state index in [-0.39, 0.29) is 17.6 Å². The normalized spacial score (nSPS) is 20.8. The number of carbonyl (C=O) groups excluding carboxylic acids is 1. The molecule has 6 nitrogen and oxygen atoms in total. The lowest BCUT2D eigenvalue weighted by Crippen LogP contribution is -2.48. The van der Waals surface area contributed by atoms with Gasteiger partial charge < -0.3 is 15.4 Å². The third-order valence-electron chi connectivity index (χ3n) is 4.94. The van der Waals surface area contributed by atoms with E-state index < -0.39 is 0 Å². The fourth-order valence-electron chi connectivity index (χ4n) is 3.36. The molecular formula is C19H19ClN4O2. The van der Waals surface area contributed by atoms with Crippen molar-refractivity contribution in [3.63, 3.8) is 0 Å². The molecule has 1 spiro atoms. The van der Waals surface area contributed by atoms with Crippen LogP contribution in [0.3, 0.4) is 0 Å². The summed E-state index contributed by atoms with van der Waals surface area (Å²) >= 11 is 6.35. The van der Waals surface area contributed by atoms with E-state index in [0.29, 0.717) is 29.7 Å². The van der Waals surface area contributed by atoms with Crippen molar-refractivity contribution < 1.29 is 9.53 Å². The predicted octanol–water partition coefficient (Wildman–Crippen LogP) is 3.00. The molecule has 1 amide bonds. The van der Waals surface area contributed by atoms with Gasteiger partial charge in [0, 0.05) is 16.7 Å². The van der Waals surface area contributed by atoms with Crippen molar-refractivity contribution in [3.8, 4) is 11.3 Å². The molecule has 2 N–H and O–H groups in total. The van der Waals surface area contributed by atoms with E-state index in [1.54, 1.807) is 6.07 Å². The van der Waals surface area contributed by atoms with E-state index in [9.17, 15) is 4.79 Å². The number of nitrogens with zero attached hydrogens (tertiary/aromatic N) is 3. The van der Waals surface area contributed by atoms with Gasteiger partial charge >= 0.3 is 0 Å². The first-order valence-corrected chi connectivity index (χ1v) is 8.83. The molecule has 1 aliphatic carbocycles. The molecule has 1 aliphatic heterocycles. The Morgan fingerprint density at radius 1 is 1.35 bits per heavy atom. The molecule has 0 radical (unpaired) electrons. The highest BCUT2D eigenvalue weighted by Gasteiger charge is 2.50. The molecule has 1 saturated heterocycles. The third-order valence-corrected chi connectivity index (χ3v) is 5.15. The molecule has 2 aromatic rings. The van der Waals surface area contributed by atoms with Gasteiger partial charge in [0.05, 0.1) is 30.5 Å². The van der Waals surface area contributed by atoms with Crippen LogP contribution < -0.4 is 5.73 Å². The van der Waals surface area contributed by atoms with Crippen LogP contribution in [0, 0.1) is 0 Å². The smallest absolute Gasteiger partial charge is 0.246 e. The Kier molecular flexibility index (Phi) is 4.17. The zero-order valence-corrected chi connectivity index (χ0v) is 14.9. The molecule has 7 heteroatoms. The van der Waals surface area contributed by atoms with Gasteiger partial charge in [0.15, 0.2) is 0 Å². The number of halogens is 1. The number of morpholine rings is 1. The molecular weight excluding hydrogens is 352 g/mol. The van der Waals surface area contributed by atoms with Crippen LogP contribution in [0.2, 0.25) is 5.02 Å². The Morgan fingerprint density at radius 2 is 2.15 bits per heavy atom. The van der Waals surface area contributed by atoms with Gasteiger partial charge in [-0.2, -0.15) is 0 Å². The zero-order chi connectivity index (χ0) is 18.3. The van der Waals surface area contributed by atoms with Crippen LogP contribution in [0.15, 0.2) is 43.2 Å². The molecule has 2 aliphatic rings. The van der Waals surface area contributed by atoms with Gasteiger partial charge in [0.25, 0.3) is 0 Å². The predicted molar refractivity (Wildman–Crippen MR) is 99.5 cm³/mol. The van der Waals surface area contributed by atoms with Crippen molar-refractivity contribution in [1.82, 2.24) is 14.9 Å². The van der Waals surface area contributed by atoms with Gasteiger partial charge in [-0.25, -0.2) is 9.97 Å². The lowest BCUT2D eigenvalue weighted by atomic mass is 9.99. The fraction of sp³-hybridized carbons (Fsp3) is 0.316. The lowest BCUT2D eigenvalue weighted by Gasteiger charge is -2.40.